The molecule has 4 N–H and O–H groups in total. The molecule has 0 saturated heterocycles. The van der Waals surface area contributed by atoms with Gasteiger partial charge in [-0.05, 0) is 27.7 Å². The van der Waals surface area contributed by atoms with Crippen molar-refractivity contribution in [1.82, 2.24) is 15.0 Å². The normalized spacial score (nSPS) is 10.9. The molecule has 0 bridgehead atoms. The van der Waals surface area contributed by atoms with Gasteiger partial charge in [0.1, 0.15) is 5.54 Å². The van der Waals surface area contributed by atoms with Crippen LogP contribution in [-0.2, 0) is 4.79 Å². The third-order valence-corrected chi connectivity index (χ3v) is 2.26. The zero-order valence-corrected chi connectivity index (χ0v) is 11.6. The van der Waals surface area contributed by atoms with Gasteiger partial charge in [-0.25, -0.2) is 0 Å². The summed E-state index contributed by atoms with van der Waals surface area (Å²) in [5.74, 6) is 0.109. The Morgan fingerprint density at radius 1 is 1.26 bits per heavy atom. The van der Waals surface area contributed by atoms with Crippen molar-refractivity contribution in [3.05, 3.63) is 0 Å². The van der Waals surface area contributed by atoms with E-state index >= 15 is 0 Å². The first-order valence-corrected chi connectivity index (χ1v) is 6.10. The molecule has 0 spiro atoms. The maximum atomic E-state index is 11.3. The molecule has 1 aromatic heterocycles. The van der Waals surface area contributed by atoms with Gasteiger partial charge in [0.15, 0.2) is 0 Å². The van der Waals surface area contributed by atoms with E-state index in [-0.39, 0.29) is 12.0 Å². The summed E-state index contributed by atoms with van der Waals surface area (Å²) >= 11 is 0. The maximum absolute atomic E-state index is 11.3. The lowest BCUT2D eigenvalue weighted by molar-refractivity contribution is -0.121. The van der Waals surface area contributed by atoms with E-state index in [2.05, 4.69) is 25.6 Å². The zero-order valence-electron chi connectivity index (χ0n) is 11.6. The highest BCUT2D eigenvalue weighted by Crippen LogP contribution is 2.15. The predicted octanol–water partition coefficient (Wildman–Crippen LogP) is 0.378. The van der Waals surface area contributed by atoms with Gasteiger partial charge in [-0.2, -0.15) is 15.0 Å². The summed E-state index contributed by atoms with van der Waals surface area (Å²) in [5, 5.41) is 5.82. The second kappa shape index (κ2) is 6.17. The number of nitrogens with one attached hydrogen (secondary N) is 2. The quantitative estimate of drug-likeness (QED) is 0.654. The molecule has 0 aliphatic carbocycles. The average molecular weight is 268 g/mol. The molecule has 19 heavy (non-hydrogen) atoms. The lowest BCUT2D eigenvalue weighted by Crippen LogP contribution is -2.45. The number of hydrogen-bond donors (Lipinski definition) is 3. The number of nitrogens with two attached hydrogens (primary N) is 1. The number of rotatable bonds is 7. The van der Waals surface area contributed by atoms with Gasteiger partial charge < -0.3 is 21.1 Å². The van der Waals surface area contributed by atoms with E-state index in [1.54, 1.807) is 13.8 Å². The molecule has 0 aliphatic heterocycles. The van der Waals surface area contributed by atoms with Crippen molar-refractivity contribution in [3.63, 3.8) is 0 Å². The SMILES string of the molecule is CCNc1nc(NC(C)(C)C(N)=O)nc(OCC)n1. The van der Waals surface area contributed by atoms with E-state index in [9.17, 15) is 4.79 Å². The minimum atomic E-state index is -0.964. The predicted molar refractivity (Wildman–Crippen MR) is 72.1 cm³/mol. The molecule has 0 fully saturated rings. The van der Waals surface area contributed by atoms with Crippen LogP contribution in [0.2, 0.25) is 0 Å². The summed E-state index contributed by atoms with van der Waals surface area (Å²) in [5.41, 5.74) is 4.33. The smallest absolute Gasteiger partial charge is 0.323 e. The van der Waals surface area contributed by atoms with Crippen LogP contribution in [0.1, 0.15) is 27.7 Å². The van der Waals surface area contributed by atoms with Crippen LogP contribution in [0.3, 0.4) is 0 Å². The molecule has 8 heteroatoms. The summed E-state index contributed by atoms with van der Waals surface area (Å²) in [6.45, 7) is 8.14. The van der Waals surface area contributed by atoms with E-state index in [0.717, 1.165) is 0 Å². The van der Waals surface area contributed by atoms with Gasteiger partial charge in [0.2, 0.25) is 17.8 Å². The fourth-order valence-electron chi connectivity index (χ4n) is 1.18. The molecule has 0 aromatic carbocycles. The Kier molecular flexibility index (Phi) is 4.85. The molecule has 1 rings (SSSR count). The largest absolute Gasteiger partial charge is 0.464 e. The maximum Gasteiger partial charge on any atom is 0.323 e. The number of amides is 1. The molecular weight excluding hydrogens is 248 g/mol. The fourth-order valence-corrected chi connectivity index (χ4v) is 1.18. The molecule has 0 unspecified atom stereocenters. The Hall–Kier alpha value is -2.12. The molecule has 0 radical (unpaired) electrons. The minimum Gasteiger partial charge on any atom is -0.464 e. The monoisotopic (exact) mass is 268 g/mol. The van der Waals surface area contributed by atoms with Crippen LogP contribution in [0.5, 0.6) is 6.01 Å². The molecule has 1 amide bonds. The van der Waals surface area contributed by atoms with Crippen molar-refractivity contribution in [1.29, 1.82) is 0 Å². The first kappa shape index (κ1) is 14.9. The summed E-state index contributed by atoms with van der Waals surface area (Å²) < 4.78 is 5.25. The van der Waals surface area contributed by atoms with E-state index in [0.29, 0.717) is 19.1 Å². The number of nitrogens with zero attached hydrogens (tertiary/aromatic N) is 3. The van der Waals surface area contributed by atoms with E-state index in [1.165, 1.54) is 0 Å². The summed E-state index contributed by atoms with van der Waals surface area (Å²) in [6.07, 6.45) is 0. The number of anilines is 2. The fraction of sp³-hybridized carbons (Fsp3) is 0.636. The van der Waals surface area contributed by atoms with Crippen LogP contribution in [-0.4, -0.2) is 39.5 Å². The van der Waals surface area contributed by atoms with Crippen LogP contribution in [0.4, 0.5) is 11.9 Å². The minimum absolute atomic E-state index is 0.191. The first-order chi connectivity index (χ1) is 8.89. The van der Waals surface area contributed by atoms with E-state index < -0.39 is 11.4 Å². The second-order valence-electron chi connectivity index (χ2n) is 4.34. The molecule has 0 atom stereocenters. The van der Waals surface area contributed by atoms with Gasteiger partial charge in [0, 0.05) is 6.54 Å². The van der Waals surface area contributed by atoms with Gasteiger partial charge in [-0.15, -0.1) is 0 Å². The highest BCUT2D eigenvalue weighted by atomic mass is 16.5. The number of carbonyl (C=O) groups is 1. The number of primary amides is 1. The van der Waals surface area contributed by atoms with Crippen molar-refractivity contribution in [3.8, 4) is 6.01 Å². The Morgan fingerprint density at radius 3 is 2.42 bits per heavy atom. The van der Waals surface area contributed by atoms with Crippen LogP contribution < -0.4 is 21.1 Å². The van der Waals surface area contributed by atoms with Crippen molar-refractivity contribution in [2.45, 2.75) is 33.2 Å². The number of carbonyl (C=O) groups excluding carboxylic acids is 1. The molecular formula is C11H20N6O2. The summed E-state index contributed by atoms with van der Waals surface area (Å²) in [6, 6.07) is 0.191. The van der Waals surface area contributed by atoms with Gasteiger partial charge in [-0.3, -0.25) is 4.79 Å². The molecule has 8 nitrogen and oxygen atoms in total. The van der Waals surface area contributed by atoms with Crippen LogP contribution in [0.25, 0.3) is 0 Å². The Labute approximate surface area is 112 Å². The van der Waals surface area contributed by atoms with Crippen molar-refractivity contribution >= 4 is 17.8 Å². The average Bonchev–Trinajstić information content (AvgIpc) is 2.28. The zero-order chi connectivity index (χ0) is 14.5. The van der Waals surface area contributed by atoms with Crippen LogP contribution >= 0.6 is 0 Å². The molecule has 1 heterocycles. The standard InChI is InChI=1S/C11H20N6O2/c1-5-13-8-14-9(16-10(15-8)19-6-2)17-11(3,4)7(12)18/h5-6H2,1-4H3,(H2,12,18)(H2,13,14,15,16,17). The van der Waals surface area contributed by atoms with Gasteiger partial charge in [0.05, 0.1) is 6.61 Å². The lowest BCUT2D eigenvalue weighted by Gasteiger charge is -2.22. The third kappa shape index (κ3) is 4.23. The lowest BCUT2D eigenvalue weighted by atomic mass is 10.1. The second-order valence-corrected chi connectivity index (χ2v) is 4.34. The van der Waals surface area contributed by atoms with Crippen molar-refractivity contribution in [2.24, 2.45) is 5.73 Å². The Morgan fingerprint density at radius 2 is 1.89 bits per heavy atom. The van der Waals surface area contributed by atoms with Gasteiger partial charge in [0.25, 0.3) is 0 Å². The molecule has 0 saturated carbocycles. The van der Waals surface area contributed by atoms with E-state index in [4.69, 9.17) is 10.5 Å². The van der Waals surface area contributed by atoms with Crippen LogP contribution in [0, 0.1) is 0 Å². The van der Waals surface area contributed by atoms with Crippen LogP contribution in [0.15, 0.2) is 0 Å². The Bertz CT molecular complexity index is 425. The summed E-state index contributed by atoms with van der Waals surface area (Å²) in [7, 11) is 0. The first-order valence-electron chi connectivity index (χ1n) is 6.10. The third-order valence-electron chi connectivity index (χ3n) is 2.26. The molecule has 1 aromatic rings. The Balaban J connectivity index is 3.01. The van der Waals surface area contributed by atoms with Crippen molar-refractivity contribution < 1.29 is 9.53 Å². The topological polar surface area (TPSA) is 115 Å². The molecule has 106 valence electrons. The number of hydrogen-bond acceptors (Lipinski definition) is 7. The number of ether oxygens (including phenoxy) is 1. The highest BCUT2D eigenvalue weighted by molar-refractivity contribution is 5.86. The molecule has 0 aliphatic rings. The van der Waals surface area contributed by atoms with Crippen molar-refractivity contribution in [2.75, 3.05) is 23.8 Å². The van der Waals surface area contributed by atoms with Gasteiger partial charge in [-0.1, -0.05) is 0 Å². The summed E-state index contributed by atoms with van der Waals surface area (Å²) in [4.78, 5) is 23.6. The number of aromatic nitrogens is 3. The highest BCUT2D eigenvalue weighted by Gasteiger charge is 2.26. The van der Waals surface area contributed by atoms with E-state index in [1.807, 2.05) is 13.8 Å². The van der Waals surface area contributed by atoms with Gasteiger partial charge >= 0.3 is 6.01 Å².